The number of rotatable bonds is 7. The van der Waals surface area contributed by atoms with E-state index in [9.17, 15) is 24.0 Å². The van der Waals surface area contributed by atoms with Crippen LogP contribution in [0.5, 0.6) is 0 Å². The van der Waals surface area contributed by atoms with Gasteiger partial charge < -0.3 is 35.0 Å². The molecule has 5 aromatic rings. The standard InChI is InChI=1S/C37H38N10O7S/c1-19(2)12-23-30(48)40-20(3)34-45-26(17-53-34)37(52)47-15-22(41-32(50)27-18-55-36(46-27)29-38-10-7-11-39-29)14-28(47)33(51)43-24(13-21-8-5-4-6-9-21)35-44-25(16-54-35)31(49)42-23/h4-11,16-20,22-24,28H,12-15H2,1-3H3,(H,40,48)(H,41,50)(H,42,49)(H,43,51)/t20-,22+,23-,24+,28+/m1/s1. The Kier molecular flexibility index (Phi) is 10.8. The van der Waals surface area contributed by atoms with Gasteiger partial charge in [-0.15, -0.1) is 11.3 Å². The number of fused-ring (bicyclic) bond motifs is 5. The summed E-state index contributed by atoms with van der Waals surface area (Å²) >= 11 is 1.21. The lowest BCUT2D eigenvalue weighted by atomic mass is 10.0. The van der Waals surface area contributed by atoms with Crippen LogP contribution in [0.25, 0.3) is 10.8 Å². The number of nitrogens with zero attached hydrogens (tertiary/aromatic N) is 6. The number of aromatic nitrogens is 5. The van der Waals surface area contributed by atoms with E-state index in [0.29, 0.717) is 17.3 Å². The summed E-state index contributed by atoms with van der Waals surface area (Å²) in [5.74, 6) is -2.28. The maximum absolute atomic E-state index is 14.3. The number of carbonyl (C=O) groups is 5. The number of hydrogen-bond acceptors (Lipinski definition) is 13. The molecule has 4 N–H and O–H groups in total. The molecule has 0 unspecified atom stereocenters. The fourth-order valence-corrected chi connectivity index (χ4v) is 7.22. The molecule has 0 saturated carbocycles. The first-order chi connectivity index (χ1) is 26.5. The largest absolute Gasteiger partial charge is 0.446 e. The maximum atomic E-state index is 14.3. The molecule has 6 heterocycles. The second kappa shape index (κ2) is 16.0. The minimum absolute atomic E-state index is 0.0402. The average Bonchev–Trinajstić information content (AvgIpc) is 4.01. The van der Waals surface area contributed by atoms with Gasteiger partial charge in [0.1, 0.15) is 42.4 Å². The van der Waals surface area contributed by atoms with Gasteiger partial charge in [0, 0.05) is 36.8 Å². The van der Waals surface area contributed by atoms with Crippen LogP contribution in [-0.2, 0) is 16.0 Å². The number of benzene rings is 1. The molecule has 0 radical (unpaired) electrons. The Morgan fingerprint density at radius 2 is 1.64 bits per heavy atom. The fraction of sp³-hybridized carbons (Fsp3) is 0.351. The van der Waals surface area contributed by atoms with E-state index in [4.69, 9.17) is 8.83 Å². The number of oxazole rings is 2. The molecule has 55 heavy (non-hydrogen) atoms. The van der Waals surface area contributed by atoms with Crippen molar-refractivity contribution in [2.45, 2.75) is 70.2 Å². The number of carbonyl (C=O) groups excluding carboxylic acids is 5. The predicted molar refractivity (Wildman–Crippen MR) is 195 cm³/mol. The molecule has 1 aromatic carbocycles. The quantitative estimate of drug-likeness (QED) is 0.188. The van der Waals surface area contributed by atoms with Crippen LogP contribution in [0, 0.1) is 5.92 Å². The molecule has 0 spiro atoms. The second-order valence-electron chi connectivity index (χ2n) is 13.8. The molecule has 7 rings (SSSR count). The van der Waals surface area contributed by atoms with Crippen LogP contribution in [-0.4, -0.2) is 84.0 Å². The Morgan fingerprint density at radius 3 is 2.40 bits per heavy atom. The lowest BCUT2D eigenvalue weighted by Gasteiger charge is -2.25. The number of thiazole rings is 1. The Bertz CT molecular complexity index is 2190. The van der Waals surface area contributed by atoms with Crippen LogP contribution >= 0.6 is 11.3 Å². The summed E-state index contributed by atoms with van der Waals surface area (Å²) in [5.41, 5.74) is 0.791. The van der Waals surface area contributed by atoms with Crippen molar-refractivity contribution in [1.82, 2.24) is 51.1 Å². The summed E-state index contributed by atoms with van der Waals surface area (Å²) in [5, 5.41) is 13.5. The van der Waals surface area contributed by atoms with E-state index < -0.39 is 59.7 Å². The van der Waals surface area contributed by atoms with Gasteiger partial charge in [-0.2, -0.15) is 0 Å². The predicted octanol–water partition coefficient (Wildman–Crippen LogP) is 3.02. The zero-order valence-corrected chi connectivity index (χ0v) is 30.9. The third-order valence-electron chi connectivity index (χ3n) is 9.14. The molecule has 0 aliphatic carbocycles. The highest BCUT2D eigenvalue weighted by Gasteiger charge is 2.43. The monoisotopic (exact) mass is 766 g/mol. The van der Waals surface area contributed by atoms with Gasteiger partial charge >= 0.3 is 0 Å². The van der Waals surface area contributed by atoms with Gasteiger partial charge in [0.15, 0.2) is 22.2 Å². The molecule has 5 atom stereocenters. The van der Waals surface area contributed by atoms with Crippen LogP contribution in [0.15, 0.2) is 75.5 Å². The van der Waals surface area contributed by atoms with Crippen molar-refractivity contribution in [3.63, 3.8) is 0 Å². The molecular weight excluding hydrogens is 729 g/mol. The van der Waals surface area contributed by atoms with Crippen molar-refractivity contribution in [2.75, 3.05) is 6.54 Å². The van der Waals surface area contributed by atoms with E-state index in [-0.39, 0.29) is 54.2 Å². The first-order valence-corrected chi connectivity index (χ1v) is 18.6. The number of nitrogens with one attached hydrogen (secondary N) is 4. The van der Waals surface area contributed by atoms with Crippen molar-refractivity contribution < 1.29 is 32.8 Å². The topological polar surface area (TPSA) is 227 Å². The summed E-state index contributed by atoms with van der Waals surface area (Å²) in [6.45, 7) is 5.43. The van der Waals surface area contributed by atoms with E-state index >= 15 is 0 Å². The van der Waals surface area contributed by atoms with Crippen LogP contribution < -0.4 is 21.3 Å². The van der Waals surface area contributed by atoms with Gasteiger partial charge in [-0.3, -0.25) is 24.0 Å². The molecule has 4 bridgehead atoms. The van der Waals surface area contributed by atoms with Crippen molar-refractivity contribution in [1.29, 1.82) is 0 Å². The number of hydrogen-bond donors (Lipinski definition) is 4. The van der Waals surface area contributed by atoms with Crippen molar-refractivity contribution in [3.05, 3.63) is 101 Å². The van der Waals surface area contributed by atoms with Gasteiger partial charge in [0.2, 0.25) is 23.6 Å². The van der Waals surface area contributed by atoms with Crippen LogP contribution in [0.2, 0.25) is 0 Å². The van der Waals surface area contributed by atoms with Gasteiger partial charge in [-0.05, 0) is 37.3 Å². The lowest BCUT2D eigenvalue weighted by molar-refractivity contribution is -0.126. The maximum Gasteiger partial charge on any atom is 0.276 e. The summed E-state index contributed by atoms with van der Waals surface area (Å²) in [4.78, 5) is 91.7. The third-order valence-corrected chi connectivity index (χ3v) is 9.98. The highest BCUT2D eigenvalue weighted by Crippen LogP contribution is 2.26. The Labute approximate surface area is 318 Å². The first-order valence-electron chi connectivity index (χ1n) is 17.7. The normalized spacial score (nSPS) is 22.0. The Morgan fingerprint density at radius 1 is 0.909 bits per heavy atom. The molecule has 17 nitrogen and oxygen atoms in total. The summed E-state index contributed by atoms with van der Waals surface area (Å²) in [7, 11) is 0. The molecule has 5 amide bonds. The van der Waals surface area contributed by atoms with Gasteiger partial charge in [0.05, 0.1) is 0 Å². The zero-order valence-electron chi connectivity index (χ0n) is 30.1. The molecule has 1 fully saturated rings. The summed E-state index contributed by atoms with van der Waals surface area (Å²) in [6.07, 6.45) is 6.09. The van der Waals surface area contributed by atoms with Crippen LogP contribution in [0.3, 0.4) is 0 Å². The molecule has 2 aliphatic rings. The lowest BCUT2D eigenvalue weighted by Crippen LogP contribution is -2.48. The van der Waals surface area contributed by atoms with E-state index in [1.54, 1.807) is 30.8 Å². The minimum Gasteiger partial charge on any atom is -0.446 e. The SMILES string of the molecule is CC(C)C[C@H]1NC(=O)c2coc(n2)[C@H](Cc2ccccc2)NC(=O)[C@@H]2C[C@H](NC(=O)c3csc(-c4ncccn4)n3)CN2C(=O)c2coc(n2)[C@@H](C)NC1=O. The van der Waals surface area contributed by atoms with E-state index in [1.165, 1.54) is 22.5 Å². The van der Waals surface area contributed by atoms with Gasteiger partial charge in [-0.25, -0.2) is 24.9 Å². The molecule has 4 aromatic heterocycles. The van der Waals surface area contributed by atoms with Crippen LogP contribution in [0.4, 0.5) is 0 Å². The van der Waals surface area contributed by atoms with Crippen molar-refractivity contribution in [2.24, 2.45) is 5.92 Å². The zero-order chi connectivity index (χ0) is 38.6. The molecule has 1 saturated heterocycles. The Balaban J connectivity index is 1.20. The van der Waals surface area contributed by atoms with E-state index in [1.807, 2.05) is 44.2 Å². The van der Waals surface area contributed by atoms with Crippen LogP contribution in [0.1, 0.15) is 94.5 Å². The highest BCUT2D eigenvalue weighted by molar-refractivity contribution is 7.13. The summed E-state index contributed by atoms with van der Waals surface area (Å²) < 4.78 is 11.4. The smallest absolute Gasteiger partial charge is 0.276 e. The minimum atomic E-state index is -1.08. The Hall–Kier alpha value is -6.30. The average molecular weight is 767 g/mol. The van der Waals surface area contributed by atoms with E-state index in [0.717, 1.165) is 11.8 Å². The molecule has 284 valence electrons. The van der Waals surface area contributed by atoms with Gasteiger partial charge in [-0.1, -0.05) is 44.2 Å². The second-order valence-corrected chi connectivity index (χ2v) is 14.6. The first kappa shape index (κ1) is 37.0. The number of amides is 5. The fourth-order valence-electron chi connectivity index (χ4n) is 6.48. The molecule has 2 aliphatic heterocycles. The summed E-state index contributed by atoms with van der Waals surface area (Å²) in [6, 6.07) is 6.64. The molecular formula is C37H38N10O7S. The highest BCUT2D eigenvalue weighted by atomic mass is 32.1. The van der Waals surface area contributed by atoms with Crippen molar-refractivity contribution in [3.8, 4) is 10.8 Å². The molecule has 18 heteroatoms. The van der Waals surface area contributed by atoms with Gasteiger partial charge in [0.25, 0.3) is 17.7 Å². The third kappa shape index (κ3) is 8.43. The van der Waals surface area contributed by atoms with E-state index in [2.05, 4.69) is 46.2 Å². The van der Waals surface area contributed by atoms with Crippen molar-refractivity contribution >= 4 is 40.9 Å².